The fourth-order valence-electron chi connectivity index (χ4n) is 2.43. The van der Waals surface area contributed by atoms with Gasteiger partial charge in [0.15, 0.2) is 0 Å². The molecule has 6 nitrogen and oxygen atoms in total. The fraction of sp³-hybridized carbons (Fsp3) is 0.533. The molecular formula is C15H23ClN2O4. The minimum absolute atomic E-state index is 0. The third-order valence-corrected chi connectivity index (χ3v) is 3.70. The second kappa shape index (κ2) is 8.82. The van der Waals surface area contributed by atoms with Gasteiger partial charge < -0.3 is 25.2 Å². The van der Waals surface area contributed by atoms with Crippen molar-refractivity contribution in [2.75, 3.05) is 33.9 Å². The van der Waals surface area contributed by atoms with E-state index in [2.05, 4.69) is 10.6 Å². The molecule has 1 aromatic rings. The van der Waals surface area contributed by atoms with E-state index in [0.29, 0.717) is 24.6 Å². The first-order valence-corrected chi connectivity index (χ1v) is 7.00. The third-order valence-electron chi connectivity index (χ3n) is 3.70. The van der Waals surface area contributed by atoms with Crippen molar-refractivity contribution in [1.29, 1.82) is 0 Å². The van der Waals surface area contributed by atoms with Gasteiger partial charge in [-0.25, -0.2) is 0 Å². The van der Waals surface area contributed by atoms with Crippen LogP contribution in [0.25, 0.3) is 0 Å². The number of carbonyl (C=O) groups excluding carboxylic acids is 1. The molecule has 0 aliphatic carbocycles. The van der Waals surface area contributed by atoms with E-state index in [1.807, 2.05) is 0 Å². The van der Waals surface area contributed by atoms with Crippen molar-refractivity contribution in [3.8, 4) is 11.5 Å². The van der Waals surface area contributed by atoms with Crippen LogP contribution in [0.1, 0.15) is 5.56 Å². The minimum Gasteiger partial charge on any atom is -0.497 e. The van der Waals surface area contributed by atoms with Crippen LogP contribution in [0.5, 0.6) is 11.5 Å². The van der Waals surface area contributed by atoms with Gasteiger partial charge in [-0.1, -0.05) is 0 Å². The average Bonchev–Trinajstić information content (AvgIpc) is 2.90. The third kappa shape index (κ3) is 4.76. The molecule has 1 saturated heterocycles. The van der Waals surface area contributed by atoms with Crippen molar-refractivity contribution in [3.05, 3.63) is 23.8 Å². The summed E-state index contributed by atoms with van der Waals surface area (Å²) >= 11 is 0. The van der Waals surface area contributed by atoms with Gasteiger partial charge in [0.05, 0.1) is 26.7 Å². The molecule has 0 aromatic heterocycles. The van der Waals surface area contributed by atoms with Gasteiger partial charge in [0.1, 0.15) is 11.5 Å². The Morgan fingerprint density at radius 2 is 2.14 bits per heavy atom. The van der Waals surface area contributed by atoms with Crippen LogP contribution in [-0.2, 0) is 11.2 Å². The van der Waals surface area contributed by atoms with Gasteiger partial charge in [-0.15, -0.1) is 12.4 Å². The smallest absolute Gasteiger partial charge is 0.224 e. The molecule has 0 bridgehead atoms. The Bertz CT molecular complexity index is 498. The maximum absolute atomic E-state index is 12.0. The Hall–Kier alpha value is -1.50. The second-order valence-electron chi connectivity index (χ2n) is 5.14. The van der Waals surface area contributed by atoms with E-state index in [0.717, 1.165) is 12.1 Å². The van der Waals surface area contributed by atoms with Crippen molar-refractivity contribution < 1.29 is 19.4 Å². The van der Waals surface area contributed by atoms with E-state index in [1.165, 1.54) is 0 Å². The number of amides is 1. The zero-order valence-corrected chi connectivity index (χ0v) is 13.6. The lowest BCUT2D eigenvalue weighted by Gasteiger charge is -2.15. The summed E-state index contributed by atoms with van der Waals surface area (Å²) in [6.07, 6.45) is -0.173. The summed E-state index contributed by atoms with van der Waals surface area (Å²) in [6, 6.07) is 5.37. The van der Waals surface area contributed by atoms with Gasteiger partial charge >= 0.3 is 0 Å². The lowest BCUT2D eigenvalue weighted by atomic mass is 10.1. The van der Waals surface area contributed by atoms with Crippen LogP contribution in [0.4, 0.5) is 0 Å². The molecule has 0 saturated carbocycles. The molecule has 1 aromatic carbocycles. The maximum Gasteiger partial charge on any atom is 0.224 e. The molecule has 3 N–H and O–H groups in total. The molecule has 1 aliphatic rings. The Balaban J connectivity index is 0.00000242. The summed E-state index contributed by atoms with van der Waals surface area (Å²) in [5.41, 5.74) is 0.777. The van der Waals surface area contributed by atoms with E-state index in [4.69, 9.17) is 9.47 Å². The van der Waals surface area contributed by atoms with Crippen LogP contribution in [0.3, 0.4) is 0 Å². The van der Waals surface area contributed by atoms with Crippen LogP contribution in [0.2, 0.25) is 0 Å². The number of aliphatic hydroxyl groups excluding tert-OH is 1. The Morgan fingerprint density at radius 3 is 2.73 bits per heavy atom. The minimum atomic E-state index is -0.392. The number of aliphatic hydroxyl groups is 1. The second-order valence-corrected chi connectivity index (χ2v) is 5.14. The summed E-state index contributed by atoms with van der Waals surface area (Å²) in [6.45, 7) is 1.79. The number of methoxy groups -OCH3 is 2. The van der Waals surface area contributed by atoms with Crippen LogP contribution in [0.15, 0.2) is 18.2 Å². The molecule has 0 spiro atoms. The topological polar surface area (TPSA) is 79.8 Å². The standard InChI is InChI=1S/C15H22N2O4.ClH/c1-20-12-3-4-14(21-2)10(5-12)6-15(19)17-8-11-7-16-9-13(11)18;/h3-5,11,13,16,18H,6-9H2,1-2H3,(H,17,19);1H. The number of carbonyl (C=O) groups is 1. The predicted octanol–water partition coefficient (Wildman–Crippen LogP) is 0.365. The lowest BCUT2D eigenvalue weighted by Crippen LogP contribution is -2.35. The summed E-state index contributed by atoms with van der Waals surface area (Å²) in [5, 5.41) is 15.6. The van der Waals surface area contributed by atoms with Gasteiger partial charge in [-0.2, -0.15) is 0 Å². The molecule has 2 atom stereocenters. The Kier molecular flexibility index (Phi) is 7.44. The molecule has 1 amide bonds. The van der Waals surface area contributed by atoms with Gasteiger partial charge in [0, 0.05) is 31.1 Å². The molecule has 1 heterocycles. The van der Waals surface area contributed by atoms with Crippen LogP contribution in [0, 0.1) is 5.92 Å². The summed E-state index contributed by atoms with van der Waals surface area (Å²) < 4.78 is 10.4. The number of rotatable bonds is 6. The fourth-order valence-corrected chi connectivity index (χ4v) is 2.43. The van der Waals surface area contributed by atoms with Crippen molar-refractivity contribution in [2.24, 2.45) is 5.92 Å². The first kappa shape index (κ1) is 18.5. The molecule has 0 radical (unpaired) electrons. The van der Waals surface area contributed by atoms with Gasteiger partial charge in [0.2, 0.25) is 5.91 Å². The quantitative estimate of drug-likeness (QED) is 0.702. The lowest BCUT2D eigenvalue weighted by molar-refractivity contribution is -0.120. The van der Waals surface area contributed by atoms with Gasteiger partial charge in [0.25, 0.3) is 0 Å². The van der Waals surface area contributed by atoms with Crippen LogP contribution in [-0.4, -0.2) is 51.0 Å². The van der Waals surface area contributed by atoms with E-state index < -0.39 is 6.10 Å². The van der Waals surface area contributed by atoms with Crippen molar-refractivity contribution in [2.45, 2.75) is 12.5 Å². The molecule has 1 fully saturated rings. The molecule has 2 unspecified atom stereocenters. The maximum atomic E-state index is 12.0. The summed E-state index contributed by atoms with van der Waals surface area (Å²) in [5.74, 6) is 1.32. The largest absolute Gasteiger partial charge is 0.497 e. The zero-order valence-electron chi connectivity index (χ0n) is 12.8. The highest BCUT2D eigenvalue weighted by molar-refractivity contribution is 5.85. The van der Waals surface area contributed by atoms with Crippen molar-refractivity contribution >= 4 is 18.3 Å². The van der Waals surface area contributed by atoms with E-state index in [1.54, 1.807) is 32.4 Å². The first-order valence-electron chi connectivity index (χ1n) is 7.00. The molecule has 2 rings (SSSR count). The van der Waals surface area contributed by atoms with Crippen molar-refractivity contribution in [1.82, 2.24) is 10.6 Å². The van der Waals surface area contributed by atoms with Gasteiger partial charge in [-0.3, -0.25) is 4.79 Å². The number of halogens is 1. The SMILES string of the molecule is COc1ccc(OC)c(CC(=O)NCC2CNCC2O)c1.Cl. The number of nitrogens with one attached hydrogen (secondary N) is 2. The molecular weight excluding hydrogens is 308 g/mol. The van der Waals surface area contributed by atoms with Crippen LogP contribution >= 0.6 is 12.4 Å². The number of ether oxygens (including phenoxy) is 2. The van der Waals surface area contributed by atoms with Crippen LogP contribution < -0.4 is 20.1 Å². The van der Waals surface area contributed by atoms with Gasteiger partial charge in [-0.05, 0) is 18.2 Å². The Morgan fingerprint density at radius 1 is 1.36 bits per heavy atom. The highest BCUT2D eigenvalue weighted by Gasteiger charge is 2.25. The number of hydrogen-bond acceptors (Lipinski definition) is 5. The molecule has 1 aliphatic heterocycles. The van der Waals surface area contributed by atoms with E-state index in [-0.39, 0.29) is 30.7 Å². The predicted molar refractivity (Wildman–Crippen MR) is 85.9 cm³/mol. The molecule has 7 heteroatoms. The highest BCUT2D eigenvalue weighted by atomic mass is 35.5. The number of benzene rings is 1. The average molecular weight is 331 g/mol. The zero-order chi connectivity index (χ0) is 15.2. The first-order chi connectivity index (χ1) is 10.1. The van der Waals surface area contributed by atoms with E-state index in [9.17, 15) is 9.90 Å². The van der Waals surface area contributed by atoms with Crippen molar-refractivity contribution in [3.63, 3.8) is 0 Å². The van der Waals surface area contributed by atoms with E-state index >= 15 is 0 Å². The Labute approximate surface area is 136 Å². The number of hydrogen-bond donors (Lipinski definition) is 3. The summed E-state index contributed by atoms with van der Waals surface area (Å²) in [4.78, 5) is 12.0. The summed E-state index contributed by atoms with van der Waals surface area (Å²) in [7, 11) is 3.16. The number of β-amino-alcohol motifs (C(OH)–C–C–N with tert-alkyl or cyclic N) is 1. The molecule has 124 valence electrons. The monoisotopic (exact) mass is 330 g/mol. The normalized spacial score (nSPS) is 20.1. The molecule has 22 heavy (non-hydrogen) atoms. The highest BCUT2D eigenvalue weighted by Crippen LogP contribution is 2.24.